The van der Waals surface area contributed by atoms with Crippen LogP contribution in [-0.2, 0) is 13.5 Å². The molecule has 1 aromatic heterocycles. The van der Waals surface area contributed by atoms with E-state index in [1.54, 1.807) is 0 Å². The second-order valence-corrected chi connectivity index (χ2v) is 2.79. The van der Waals surface area contributed by atoms with Crippen LogP contribution in [0.4, 0.5) is 0 Å². The van der Waals surface area contributed by atoms with E-state index in [2.05, 4.69) is 11.2 Å². The van der Waals surface area contributed by atoms with Crippen molar-refractivity contribution in [2.45, 2.75) is 19.8 Å². The van der Waals surface area contributed by atoms with Crippen LogP contribution in [-0.4, -0.2) is 16.3 Å². The predicted octanol–water partition coefficient (Wildman–Crippen LogP) is 0.620. The van der Waals surface area contributed by atoms with Crippen molar-refractivity contribution in [3.63, 3.8) is 0 Å². The minimum atomic E-state index is 0.754. The van der Waals surface area contributed by atoms with Crippen molar-refractivity contribution in [2.75, 3.05) is 6.54 Å². The van der Waals surface area contributed by atoms with Crippen LogP contribution in [0.1, 0.15) is 17.8 Å². The fraction of sp³-hybridized carbons (Fsp3) is 0.625. The second kappa shape index (κ2) is 3.53. The summed E-state index contributed by atoms with van der Waals surface area (Å²) in [6, 6.07) is 2.11. The zero-order valence-corrected chi connectivity index (χ0v) is 7.17. The summed E-state index contributed by atoms with van der Waals surface area (Å²) in [5, 5.41) is 4.24. The van der Waals surface area contributed by atoms with Crippen molar-refractivity contribution in [1.29, 1.82) is 0 Å². The van der Waals surface area contributed by atoms with Gasteiger partial charge in [-0.1, -0.05) is 0 Å². The van der Waals surface area contributed by atoms with Gasteiger partial charge in [-0.25, -0.2) is 0 Å². The monoisotopic (exact) mass is 153 g/mol. The highest BCUT2D eigenvalue weighted by atomic mass is 15.3. The molecule has 3 heteroatoms. The zero-order chi connectivity index (χ0) is 8.27. The summed E-state index contributed by atoms with van der Waals surface area (Å²) in [5.41, 5.74) is 7.76. The van der Waals surface area contributed by atoms with Crippen molar-refractivity contribution in [2.24, 2.45) is 12.8 Å². The van der Waals surface area contributed by atoms with Gasteiger partial charge in [-0.15, -0.1) is 0 Å². The van der Waals surface area contributed by atoms with Gasteiger partial charge in [0, 0.05) is 12.7 Å². The third-order valence-electron chi connectivity index (χ3n) is 1.74. The molecule has 0 radical (unpaired) electrons. The van der Waals surface area contributed by atoms with Crippen LogP contribution >= 0.6 is 0 Å². The number of nitrogens with zero attached hydrogens (tertiary/aromatic N) is 2. The Morgan fingerprint density at radius 3 is 2.82 bits per heavy atom. The lowest BCUT2D eigenvalue weighted by molar-refractivity contribution is 0.682. The lowest BCUT2D eigenvalue weighted by Crippen LogP contribution is -2.03. The molecular weight excluding hydrogens is 138 g/mol. The Labute approximate surface area is 67.2 Å². The normalized spacial score (nSPS) is 10.5. The molecular formula is C8H15N3. The van der Waals surface area contributed by atoms with Crippen LogP contribution in [0.2, 0.25) is 0 Å². The molecule has 0 spiro atoms. The maximum Gasteiger partial charge on any atom is 0.0596 e. The number of rotatable bonds is 3. The first-order valence-electron chi connectivity index (χ1n) is 3.93. The van der Waals surface area contributed by atoms with Gasteiger partial charge < -0.3 is 5.73 Å². The summed E-state index contributed by atoms with van der Waals surface area (Å²) in [6.07, 6.45) is 2.08. The van der Waals surface area contributed by atoms with Gasteiger partial charge in [-0.3, -0.25) is 4.68 Å². The molecule has 0 saturated heterocycles. The average Bonchev–Trinajstić information content (AvgIpc) is 2.26. The Hall–Kier alpha value is -0.830. The van der Waals surface area contributed by atoms with Crippen molar-refractivity contribution >= 4 is 0 Å². The minimum absolute atomic E-state index is 0.754. The quantitative estimate of drug-likeness (QED) is 0.691. The highest BCUT2D eigenvalue weighted by Crippen LogP contribution is 2.03. The molecule has 1 rings (SSSR count). The van der Waals surface area contributed by atoms with Gasteiger partial charge in [-0.2, -0.15) is 5.10 Å². The van der Waals surface area contributed by atoms with Crippen LogP contribution in [0.5, 0.6) is 0 Å². The Morgan fingerprint density at radius 1 is 1.64 bits per heavy atom. The molecule has 0 aliphatic rings. The smallest absolute Gasteiger partial charge is 0.0596 e. The maximum atomic E-state index is 5.40. The number of nitrogens with two attached hydrogens (primary N) is 1. The van der Waals surface area contributed by atoms with Gasteiger partial charge >= 0.3 is 0 Å². The Kier molecular flexibility index (Phi) is 2.65. The first-order valence-corrected chi connectivity index (χ1v) is 3.93. The fourth-order valence-corrected chi connectivity index (χ4v) is 1.18. The fourth-order valence-electron chi connectivity index (χ4n) is 1.18. The first kappa shape index (κ1) is 8.27. The molecule has 0 atom stereocenters. The predicted molar refractivity (Wildman–Crippen MR) is 45.3 cm³/mol. The standard InChI is InChI=1S/C8H15N3/c1-7-6-8(4-3-5-9)11(2)10-7/h6H,3-5,9H2,1-2H3. The average molecular weight is 153 g/mol. The van der Waals surface area contributed by atoms with Crippen LogP contribution < -0.4 is 5.73 Å². The van der Waals surface area contributed by atoms with E-state index in [1.165, 1.54) is 5.69 Å². The summed E-state index contributed by atoms with van der Waals surface area (Å²) >= 11 is 0. The Morgan fingerprint density at radius 2 is 2.36 bits per heavy atom. The maximum absolute atomic E-state index is 5.40. The molecule has 0 bridgehead atoms. The lowest BCUT2D eigenvalue weighted by atomic mass is 10.2. The molecule has 1 heterocycles. The zero-order valence-electron chi connectivity index (χ0n) is 7.17. The van der Waals surface area contributed by atoms with Crippen LogP contribution in [0.25, 0.3) is 0 Å². The number of hydrogen-bond donors (Lipinski definition) is 1. The van der Waals surface area contributed by atoms with Crippen LogP contribution in [0.15, 0.2) is 6.07 Å². The first-order chi connectivity index (χ1) is 5.24. The van der Waals surface area contributed by atoms with E-state index in [1.807, 2.05) is 18.7 Å². The van der Waals surface area contributed by atoms with E-state index in [-0.39, 0.29) is 0 Å². The van der Waals surface area contributed by atoms with Gasteiger partial charge in [-0.05, 0) is 32.4 Å². The molecule has 3 nitrogen and oxygen atoms in total. The van der Waals surface area contributed by atoms with Crippen LogP contribution in [0, 0.1) is 6.92 Å². The molecule has 2 N–H and O–H groups in total. The van der Waals surface area contributed by atoms with Gasteiger partial charge in [0.05, 0.1) is 5.69 Å². The van der Waals surface area contributed by atoms with Gasteiger partial charge in [0.1, 0.15) is 0 Å². The number of hydrogen-bond acceptors (Lipinski definition) is 2. The highest BCUT2D eigenvalue weighted by Gasteiger charge is 1.99. The molecule has 0 unspecified atom stereocenters. The Balaban J connectivity index is 2.62. The summed E-state index contributed by atoms with van der Waals surface area (Å²) in [5.74, 6) is 0. The van der Waals surface area contributed by atoms with Crippen LogP contribution in [0.3, 0.4) is 0 Å². The summed E-state index contributed by atoms with van der Waals surface area (Å²) in [7, 11) is 1.97. The molecule has 0 amide bonds. The third-order valence-corrected chi connectivity index (χ3v) is 1.74. The SMILES string of the molecule is Cc1cc(CCCN)n(C)n1. The van der Waals surface area contributed by atoms with E-state index < -0.39 is 0 Å². The molecule has 0 aliphatic carbocycles. The largest absolute Gasteiger partial charge is 0.330 e. The molecule has 0 saturated carbocycles. The van der Waals surface area contributed by atoms with Crippen molar-refractivity contribution in [3.8, 4) is 0 Å². The molecule has 62 valence electrons. The van der Waals surface area contributed by atoms with Gasteiger partial charge in [0.2, 0.25) is 0 Å². The highest BCUT2D eigenvalue weighted by molar-refractivity contribution is 5.08. The van der Waals surface area contributed by atoms with E-state index in [9.17, 15) is 0 Å². The number of aryl methyl sites for hydroxylation is 3. The van der Waals surface area contributed by atoms with Gasteiger partial charge in [0.15, 0.2) is 0 Å². The van der Waals surface area contributed by atoms with E-state index in [0.717, 1.165) is 25.1 Å². The topological polar surface area (TPSA) is 43.8 Å². The van der Waals surface area contributed by atoms with Crippen molar-refractivity contribution in [1.82, 2.24) is 9.78 Å². The number of aromatic nitrogens is 2. The summed E-state index contributed by atoms with van der Waals surface area (Å²) < 4.78 is 1.92. The van der Waals surface area contributed by atoms with Gasteiger partial charge in [0.25, 0.3) is 0 Å². The Bertz CT molecular complexity index is 227. The van der Waals surface area contributed by atoms with E-state index in [4.69, 9.17) is 5.73 Å². The van der Waals surface area contributed by atoms with E-state index in [0.29, 0.717) is 0 Å². The van der Waals surface area contributed by atoms with Crippen molar-refractivity contribution in [3.05, 3.63) is 17.5 Å². The van der Waals surface area contributed by atoms with E-state index >= 15 is 0 Å². The van der Waals surface area contributed by atoms with Crippen molar-refractivity contribution < 1.29 is 0 Å². The summed E-state index contributed by atoms with van der Waals surface area (Å²) in [4.78, 5) is 0. The molecule has 0 fully saturated rings. The minimum Gasteiger partial charge on any atom is -0.330 e. The third kappa shape index (κ3) is 2.05. The molecule has 11 heavy (non-hydrogen) atoms. The second-order valence-electron chi connectivity index (χ2n) is 2.79. The molecule has 0 aliphatic heterocycles. The molecule has 1 aromatic rings. The lowest BCUT2D eigenvalue weighted by Gasteiger charge is -1.98. The molecule has 0 aromatic carbocycles. The summed E-state index contributed by atoms with van der Waals surface area (Å²) in [6.45, 7) is 2.76.